The Kier molecular flexibility index (Phi) is 4.83. The number of nitrogens with zero attached hydrogens (tertiary/aromatic N) is 2. The number of amidine groups is 1. The monoisotopic (exact) mass is 323 g/mol. The third-order valence-corrected chi connectivity index (χ3v) is 4.43. The quantitative estimate of drug-likeness (QED) is 0.490. The molecule has 0 spiro atoms. The van der Waals surface area contributed by atoms with Crippen LogP contribution in [-0.4, -0.2) is 16.0 Å². The fraction of sp³-hybridized carbons (Fsp3) is 0.200. The Labute approximate surface area is 133 Å². The third-order valence-electron chi connectivity index (χ3n) is 3.30. The van der Waals surface area contributed by atoms with Crippen LogP contribution in [0.25, 0.3) is 0 Å². The van der Waals surface area contributed by atoms with Gasteiger partial charge in [0.2, 0.25) is 0 Å². The Balaban J connectivity index is 2.67. The summed E-state index contributed by atoms with van der Waals surface area (Å²) in [5.41, 5.74) is 5.85. The summed E-state index contributed by atoms with van der Waals surface area (Å²) < 4.78 is 0. The van der Waals surface area contributed by atoms with Crippen LogP contribution in [-0.2, 0) is 0 Å². The van der Waals surface area contributed by atoms with Crippen LogP contribution in [0, 0.1) is 20.8 Å². The van der Waals surface area contributed by atoms with Gasteiger partial charge in [0.1, 0.15) is 0 Å². The Bertz CT molecular complexity index is 671. The lowest BCUT2D eigenvalue weighted by molar-refractivity contribution is 0.235. The molecule has 0 amide bonds. The minimum Gasteiger partial charge on any atom is -0.290 e. The van der Waals surface area contributed by atoms with E-state index in [-0.39, 0.29) is 5.84 Å². The molecule has 1 aromatic heterocycles. The minimum atomic E-state index is 0.279. The molecule has 1 aromatic carbocycles. The summed E-state index contributed by atoms with van der Waals surface area (Å²) in [6.45, 7) is 5.59. The summed E-state index contributed by atoms with van der Waals surface area (Å²) in [6, 6.07) is 3.55. The molecule has 2 rings (SSSR count). The number of hydrogen-bond donors (Lipinski definition) is 2. The molecule has 21 heavy (non-hydrogen) atoms. The smallest absolute Gasteiger partial charge is 0.158 e. The molecule has 0 aliphatic heterocycles. The summed E-state index contributed by atoms with van der Waals surface area (Å²) in [5.74, 6) is 0.279. The van der Waals surface area contributed by atoms with Gasteiger partial charge >= 0.3 is 0 Å². The highest BCUT2D eigenvalue weighted by atomic mass is 35.5. The number of hydroxylamine groups is 1. The van der Waals surface area contributed by atoms with Crippen molar-refractivity contribution in [2.24, 2.45) is 4.99 Å². The second-order valence-electron chi connectivity index (χ2n) is 4.66. The summed E-state index contributed by atoms with van der Waals surface area (Å²) in [4.78, 5) is 8.35. The maximum Gasteiger partial charge on any atom is 0.158 e. The number of rotatable bonds is 2. The first-order chi connectivity index (χ1) is 9.97. The highest BCUT2D eigenvalue weighted by Gasteiger charge is 2.18. The molecule has 0 aliphatic carbocycles. The zero-order chi connectivity index (χ0) is 15.6. The zero-order valence-electron chi connectivity index (χ0n) is 11.9. The van der Waals surface area contributed by atoms with Crippen molar-refractivity contribution in [1.82, 2.24) is 10.5 Å². The molecule has 0 unspecified atom stereocenters. The molecule has 0 bridgehead atoms. The average Bonchev–Trinajstić information content (AvgIpc) is 2.51. The van der Waals surface area contributed by atoms with Crippen LogP contribution in [0.1, 0.15) is 22.3 Å². The van der Waals surface area contributed by atoms with Crippen molar-refractivity contribution < 1.29 is 5.21 Å². The van der Waals surface area contributed by atoms with Gasteiger partial charge in [-0.3, -0.25) is 15.7 Å². The van der Waals surface area contributed by atoms with E-state index in [4.69, 9.17) is 23.2 Å². The summed E-state index contributed by atoms with van der Waals surface area (Å²) in [7, 11) is 0. The molecule has 0 fully saturated rings. The van der Waals surface area contributed by atoms with Gasteiger partial charge in [-0.2, -0.15) is 0 Å². The van der Waals surface area contributed by atoms with Crippen molar-refractivity contribution in [1.29, 1.82) is 0 Å². The molecule has 1 heterocycles. The predicted octanol–water partition coefficient (Wildman–Crippen LogP) is 4.37. The molecule has 4 nitrogen and oxygen atoms in total. The van der Waals surface area contributed by atoms with E-state index in [0.29, 0.717) is 21.3 Å². The Morgan fingerprint density at radius 3 is 2.24 bits per heavy atom. The Morgan fingerprint density at radius 2 is 1.76 bits per heavy atom. The molecule has 0 radical (unpaired) electrons. The van der Waals surface area contributed by atoms with Crippen LogP contribution in [0.4, 0.5) is 5.69 Å². The highest BCUT2D eigenvalue weighted by molar-refractivity contribution is 6.37. The number of hydrogen-bond acceptors (Lipinski definition) is 3. The van der Waals surface area contributed by atoms with Gasteiger partial charge in [0.15, 0.2) is 5.84 Å². The minimum absolute atomic E-state index is 0.279. The van der Waals surface area contributed by atoms with E-state index in [2.05, 4.69) is 15.5 Å². The Hall–Kier alpha value is -1.62. The largest absolute Gasteiger partial charge is 0.290 e. The lowest BCUT2D eigenvalue weighted by Crippen LogP contribution is -2.23. The molecule has 0 saturated carbocycles. The van der Waals surface area contributed by atoms with Crippen LogP contribution in [0.2, 0.25) is 10.0 Å². The lowest BCUT2D eigenvalue weighted by atomic mass is 9.98. The van der Waals surface area contributed by atoms with E-state index >= 15 is 0 Å². The molecule has 6 heteroatoms. The first kappa shape index (κ1) is 15.8. The van der Waals surface area contributed by atoms with Gasteiger partial charge in [0.05, 0.1) is 11.9 Å². The molecule has 0 atom stereocenters. The number of aliphatic imine (C=N–C) groups is 1. The fourth-order valence-electron chi connectivity index (χ4n) is 2.20. The van der Waals surface area contributed by atoms with Crippen molar-refractivity contribution in [2.75, 3.05) is 0 Å². The molecule has 110 valence electrons. The average molecular weight is 324 g/mol. The first-order valence-corrected chi connectivity index (χ1v) is 7.07. The first-order valence-electron chi connectivity index (χ1n) is 6.31. The third kappa shape index (κ3) is 3.02. The maximum absolute atomic E-state index is 9.45. The van der Waals surface area contributed by atoms with Gasteiger partial charge in [0, 0.05) is 21.8 Å². The second-order valence-corrected chi connectivity index (χ2v) is 5.42. The molecular weight excluding hydrogens is 309 g/mol. The highest BCUT2D eigenvalue weighted by Crippen LogP contribution is 2.34. The number of nitrogens with one attached hydrogen (secondary N) is 1. The van der Waals surface area contributed by atoms with E-state index in [9.17, 15) is 5.21 Å². The van der Waals surface area contributed by atoms with Crippen molar-refractivity contribution in [3.8, 4) is 0 Å². The number of benzene rings is 1. The van der Waals surface area contributed by atoms with Crippen molar-refractivity contribution >= 4 is 34.7 Å². The Morgan fingerprint density at radius 1 is 1.14 bits per heavy atom. The van der Waals surface area contributed by atoms with Gasteiger partial charge in [-0.25, -0.2) is 4.99 Å². The molecular formula is C15H15Cl2N3O. The van der Waals surface area contributed by atoms with Crippen LogP contribution < -0.4 is 5.48 Å². The van der Waals surface area contributed by atoms with Gasteiger partial charge in [-0.1, -0.05) is 23.2 Å². The topological polar surface area (TPSA) is 57.5 Å². The lowest BCUT2D eigenvalue weighted by Gasteiger charge is -2.17. The van der Waals surface area contributed by atoms with Gasteiger partial charge in [-0.05, 0) is 49.6 Å². The zero-order valence-corrected chi connectivity index (χ0v) is 13.4. The molecule has 0 saturated heterocycles. The number of pyridine rings is 1. The molecule has 2 N–H and O–H groups in total. The predicted molar refractivity (Wildman–Crippen MR) is 86.0 cm³/mol. The summed E-state index contributed by atoms with van der Waals surface area (Å²) >= 11 is 12.6. The number of aromatic nitrogens is 1. The van der Waals surface area contributed by atoms with Crippen LogP contribution >= 0.6 is 23.2 Å². The van der Waals surface area contributed by atoms with Gasteiger partial charge in [0.25, 0.3) is 0 Å². The fourth-order valence-corrected chi connectivity index (χ4v) is 2.63. The van der Waals surface area contributed by atoms with Crippen molar-refractivity contribution in [3.05, 3.63) is 56.8 Å². The molecule has 0 aliphatic rings. The molecule has 2 aromatic rings. The van der Waals surface area contributed by atoms with E-state index in [0.717, 1.165) is 16.7 Å². The summed E-state index contributed by atoms with van der Waals surface area (Å²) in [6.07, 6.45) is 3.25. The van der Waals surface area contributed by atoms with Crippen LogP contribution in [0.5, 0.6) is 0 Å². The standard InChI is InChI=1S/C15H15Cl2N3O/c1-8-12(9(2)14(17)10(3)13(8)16)15(20-21)19-11-5-4-6-18-7-11/h4-7,21H,1-3H3,(H,19,20). The normalized spacial score (nSPS) is 11.6. The van der Waals surface area contributed by atoms with E-state index < -0.39 is 0 Å². The van der Waals surface area contributed by atoms with Gasteiger partial charge < -0.3 is 0 Å². The SMILES string of the molecule is Cc1c(Cl)c(C)c(C(=Nc2cccnc2)NO)c(C)c1Cl. The van der Waals surface area contributed by atoms with Crippen LogP contribution in [0.3, 0.4) is 0 Å². The number of halogens is 2. The summed E-state index contributed by atoms with van der Waals surface area (Å²) in [5, 5.41) is 10.6. The van der Waals surface area contributed by atoms with Crippen LogP contribution in [0.15, 0.2) is 29.5 Å². The van der Waals surface area contributed by atoms with E-state index in [1.807, 2.05) is 20.8 Å². The second kappa shape index (κ2) is 6.43. The van der Waals surface area contributed by atoms with Gasteiger partial charge in [-0.15, -0.1) is 0 Å². The van der Waals surface area contributed by atoms with E-state index in [1.54, 1.807) is 24.5 Å². The van der Waals surface area contributed by atoms with E-state index in [1.165, 1.54) is 0 Å². The maximum atomic E-state index is 9.45. The van der Waals surface area contributed by atoms with Crippen molar-refractivity contribution in [2.45, 2.75) is 20.8 Å². The van der Waals surface area contributed by atoms with Crippen molar-refractivity contribution in [3.63, 3.8) is 0 Å².